The number of hydrogen-bond acceptors (Lipinski definition) is 4. The largest absolute Gasteiger partial charge is 0.489 e. The molecule has 0 unspecified atom stereocenters. The Hall–Kier alpha value is -2.24. The molecule has 0 atom stereocenters. The van der Waals surface area contributed by atoms with Crippen molar-refractivity contribution in [2.45, 2.75) is 13.8 Å². The Labute approximate surface area is 153 Å². The van der Waals surface area contributed by atoms with Crippen LogP contribution in [0.2, 0.25) is 5.02 Å². The summed E-state index contributed by atoms with van der Waals surface area (Å²) in [7, 11) is 0. The van der Waals surface area contributed by atoms with Crippen LogP contribution in [0.3, 0.4) is 0 Å². The molecule has 2 N–H and O–H groups in total. The summed E-state index contributed by atoms with van der Waals surface area (Å²) in [6.45, 7) is 5.63. The number of rotatable bonds is 9. The van der Waals surface area contributed by atoms with Gasteiger partial charge in [-0.1, -0.05) is 29.8 Å². The fourth-order valence-electron chi connectivity index (χ4n) is 2.19. The number of hydrogen-bond donors (Lipinski definition) is 2. The number of benzene rings is 2. The highest BCUT2D eigenvalue weighted by molar-refractivity contribution is 6.31. The number of aryl methyl sites for hydroxylation is 1. The number of amides is 1. The van der Waals surface area contributed by atoms with Gasteiger partial charge in [-0.2, -0.15) is 0 Å². The predicted octanol–water partition coefficient (Wildman–Crippen LogP) is 4.11. The highest BCUT2D eigenvalue weighted by atomic mass is 35.5. The summed E-state index contributed by atoms with van der Waals surface area (Å²) in [5.74, 6) is 0.531. The van der Waals surface area contributed by atoms with Crippen molar-refractivity contribution in [2.24, 2.45) is 0 Å². The number of anilines is 2. The predicted molar refractivity (Wildman–Crippen MR) is 102 cm³/mol. The Bertz CT molecular complexity index is 707. The van der Waals surface area contributed by atoms with Crippen LogP contribution in [0, 0.1) is 6.92 Å². The second kappa shape index (κ2) is 9.91. The van der Waals surface area contributed by atoms with Gasteiger partial charge in [0.1, 0.15) is 12.4 Å². The molecule has 0 aliphatic carbocycles. The van der Waals surface area contributed by atoms with Gasteiger partial charge >= 0.3 is 0 Å². The van der Waals surface area contributed by atoms with Crippen LogP contribution in [0.4, 0.5) is 11.4 Å². The number of para-hydroxylation sites is 2. The van der Waals surface area contributed by atoms with E-state index in [0.29, 0.717) is 36.3 Å². The molecule has 0 bridgehead atoms. The molecule has 0 heterocycles. The van der Waals surface area contributed by atoms with E-state index in [-0.39, 0.29) is 12.5 Å². The van der Waals surface area contributed by atoms with Crippen molar-refractivity contribution in [3.63, 3.8) is 0 Å². The maximum absolute atomic E-state index is 12.2. The maximum atomic E-state index is 12.2. The van der Waals surface area contributed by atoms with Gasteiger partial charge in [0, 0.05) is 17.3 Å². The zero-order chi connectivity index (χ0) is 18.1. The Morgan fingerprint density at radius 2 is 1.92 bits per heavy atom. The molecule has 2 aromatic carbocycles. The van der Waals surface area contributed by atoms with Gasteiger partial charge in [0.25, 0.3) is 0 Å². The lowest BCUT2D eigenvalue weighted by atomic mass is 10.2. The molecule has 1 amide bonds. The van der Waals surface area contributed by atoms with E-state index in [4.69, 9.17) is 21.1 Å². The first-order valence-electron chi connectivity index (χ1n) is 8.19. The number of nitrogens with one attached hydrogen (secondary N) is 2. The molecule has 0 aliphatic rings. The Balaban J connectivity index is 1.90. The molecule has 134 valence electrons. The van der Waals surface area contributed by atoms with Gasteiger partial charge in [0.05, 0.1) is 18.8 Å². The first kappa shape index (κ1) is 19.1. The SMILES string of the molecule is CCOCCOc1ccccc1NCC(=O)Nc1cc(Cl)ccc1C. The molecule has 0 fully saturated rings. The first-order chi connectivity index (χ1) is 12.1. The maximum Gasteiger partial charge on any atom is 0.243 e. The average molecular weight is 363 g/mol. The van der Waals surface area contributed by atoms with Crippen LogP contribution in [-0.4, -0.2) is 32.3 Å². The molecule has 2 rings (SSSR count). The molecule has 0 saturated carbocycles. The summed E-state index contributed by atoms with van der Waals surface area (Å²) >= 11 is 5.97. The highest BCUT2D eigenvalue weighted by Crippen LogP contribution is 2.24. The number of halogens is 1. The minimum Gasteiger partial charge on any atom is -0.489 e. The number of ether oxygens (including phenoxy) is 2. The standard InChI is InChI=1S/C19H23ClN2O3/c1-3-24-10-11-25-18-7-5-4-6-16(18)21-13-19(23)22-17-12-15(20)9-8-14(17)2/h4-9,12,21H,3,10-11,13H2,1-2H3,(H,22,23). The summed E-state index contributed by atoms with van der Waals surface area (Å²) in [6.07, 6.45) is 0. The van der Waals surface area contributed by atoms with Crippen LogP contribution in [0.5, 0.6) is 5.75 Å². The van der Waals surface area contributed by atoms with E-state index < -0.39 is 0 Å². The fourth-order valence-corrected chi connectivity index (χ4v) is 2.36. The highest BCUT2D eigenvalue weighted by Gasteiger charge is 2.08. The van der Waals surface area contributed by atoms with Crippen molar-refractivity contribution in [3.8, 4) is 5.75 Å². The van der Waals surface area contributed by atoms with Crippen molar-refractivity contribution in [3.05, 3.63) is 53.1 Å². The Kier molecular flexibility index (Phi) is 7.57. The van der Waals surface area contributed by atoms with E-state index >= 15 is 0 Å². The molecule has 0 radical (unpaired) electrons. The molecule has 0 spiro atoms. The van der Waals surface area contributed by atoms with Gasteiger partial charge in [0.2, 0.25) is 5.91 Å². The molecule has 0 aliphatic heterocycles. The van der Waals surface area contributed by atoms with Gasteiger partial charge < -0.3 is 20.1 Å². The Morgan fingerprint density at radius 1 is 1.12 bits per heavy atom. The van der Waals surface area contributed by atoms with Crippen LogP contribution < -0.4 is 15.4 Å². The van der Waals surface area contributed by atoms with E-state index in [0.717, 1.165) is 11.3 Å². The normalized spacial score (nSPS) is 10.4. The van der Waals surface area contributed by atoms with Crippen molar-refractivity contribution in [2.75, 3.05) is 37.0 Å². The van der Waals surface area contributed by atoms with Crippen molar-refractivity contribution < 1.29 is 14.3 Å². The molecular formula is C19H23ClN2O3. The smallest absolute Gasteiger partial charge is 0.243 e. The molecule has 0 saturated heterocycles. The molecule has 0 aromatic heterocycles. The van der Waals surface area contributed by atoms with Gasteiger partial charge in [-0.15, -0.1) is 0 Å². The van der Waals surface area contributed by atoms with Crippen molar-refractivity contribution in [1.82, 2.24) is 0 Å². The van der Waals surface area contributed by atoms with E-state index in [2.05, 4.69) is 10.6 Å². The fraction of sp³-hybridized carbons (Fsp3) is 0.316. The molecular weight excluding hydrogens is 340 g/mol. The molecule has 2 aromatic rings. The Morgan fingerprint density at radius 3 is 2.72 bits per heavy atom. The van der Waals surface area contributed by atoms with Gasteiger partial charge in [0.15, 0.2) is 0 Å². The minimum atomic E-state index is -0.158. The van der Waals surface area contributed by atoms with Gasteiger partial charge in [-0.3, -0.25) is 4.79 Å². The van der Waals surface area contributed by atoms with Crippen LogP contribution >= 0.6 is 11.6 Å². The number of carbonyl (C=O) groups excluding carboxylic acids is 1. The number of carbonyl (C=O) groups is 1. The average Bonchev–Trinajstić information content (AvgIpc) is 2.61. The van der Waals surface area contributed by atoms with Crippen molar-refractivity contribution in [1.29, 1.82) is 0 Å². The topological polar surface area (TPSA) is 59.6 Å². The van der Waals surface area contributed by atoms with E-state index in [1.165, 1.54) is 0 Å². The lowest BCUT2D eigenvalue weighted by Crippen LogP contribution is -2.22. The summed E-state index contributed by atoms with van der Waals surface area (Å²) < 4.78 is 10.9. The second-order valence-corrected chi connectivity index (χ2v) is 5.84. The summed E-state index contributed by atoms with van der Waals surface area (Å²) in [5.41, 5.74) is 2.43. The third kappa shape index (κ3) is 6.29. The molecule has 5 nitrogen and oxygen atoms in total. The monoisotopic (exact) mass is 362 g/mol. The third-order valence-corrected chi connectivity index (χ3v) is 3.72. The molecule has 25 heavy (non-hydrogen) atoms. The van der Waals surface area contributed by atoms with Gasteiger partial charge in [-0.05, 0) is 43.7 Å². The van der Waals surface area contributed by atoms with Crippen LogP contribution in [0.1, 0.15) is 12.5 Å². The second-order valence-electron chi connectivity index (χ2n) is 5.40. The lowest BCUT2D eigenvalue weighted by Gasteiger charge is -2.14. The van der Waals surface area contributed by atoms with Crippen molar-refractivity contribution >= 4 is 28.9 Å². The van der Waals surface area contributed by atoms with E-state index in [9.17, 15) is 4.79 Å². The minimum absolute atomic E-state index is 0.123. The summed E-state index contributed by atoms with van der Waals surface area (Å²) in [4.78, 5) is 12.2. The van der Waals surface area contributed by atoms with E-state index in [1.807, 2.05) is 44.2 Å². The summed E-state index contributed by atoms with van der Waals surface area (Å²) in [6, 6.07) is 12.9. The summed E-state index contributed by atoms with van der Waals surface area (Å²) in [5, 5.41) is 6.54. The lowest BCUT2D eigenvalue weighted by molar-refractivity contribution is -0.114. The molecule has 6 heteroatoms. The van der Waals surface area contributed by atoms with E-state index in [1.54, 1.807) is 12.1 Å². The quantitative estimate of drug-likeness (QED) is 0.659. The first-order valence-corrected chi connectivity index (χ1v) is 8.57. The zero-order valence-corrected chi connectivity index (χ0v) is 15.2. The van der Waals surface area contributed by atoms with Crippen LogP contribution in [0.25, 0.3) is 0 Å². The third-order valence-electron chi connectivity index (χ3n) is 3.49. The zero-order valence-electron chi connectivity index (χ0n) is 14.5. The van der Waals surface area contributed by atoms with Crippen LogP contribution in [-0.2, 0) is 9.53 Å². The van der Waals surface area contributed by atoms with Crippen LogP contribution in [0.15, 0.2) is 42.5 Å². The van der Waals surface area contributed by atoms with Gasteiger partial charge in [-0.25, -0.2) is 0 Å².